The molecule has 6 heteroatoms. The van der Waals surface area contributed by atoms with Gasteiger partial charge < -0.3 is 0 Å². The van der Waals surface area contributed by atoms with Crippen molar-refractivity contribution >= 4 is 11.6 Å². The van der Waals surface area contributed by atoms with E-state index in [1.807, 2.05) is 6.07 Å². The summed E-state index contributed by atoms with van der Waals surface area (Å²) in [5.74, 6) is -2.05. The SMILES string of the molecule is Fc1cc(Cl)cc(F)c1-c1cc[c]c(C(F)(F)F)c1. The molecule has 2 aromatic rings. The molecule has 0 spiro atoms. The van der Waals surface area contributed by atoms with E-state index >= 15 is 0 Å². The monoisotopic (exact) mass is 291 g/mol. The lowest BCUT2D eigenvalue weighted by Crippen LogP contribution is -2.05. The zero-order valence-corrected chi connectivity index (χ0v) is 9.91. The van der Waals surface area contributed by atoms with Crippen molar-refractivity contribution < 1.29 is 22.0 Å². The summed E-state index contributed by atoms with van der Waals surface area (Å²) in [6.07, 6.45) is -4.63. The van der Waals surface area contributed by atoms with Crippen LogP contribution in [0.25, 0.3) is 11.1 Å². The highest BCUT2D eigenvalue weighted by Gasteiger charge is 2.31. The fourth-order valence-electron chi connectivity index (χ4n) is 1.60. The van der Waals surface area contributed by atoms with Gasteiger partial charge in [-0.1, -0.05) is 23.7 Å². The maximum atomic E-state index is 13.6. The topological polar surface area (TPSA) is 0 Å². The van der Waals surface area contributed by atoms with Crippen molar-refractivity contribution in [3.63, 3.8) is 0 Å². The summed E-state index contributed by atoms with van der Waals surface area (Å²) in [6, 6.07) is 6.39. The molecule has 0 saturated carbocycles. The van der Waals surface area contributed by atoms with Crippen LogP contribution in [0.5, 0.6) is 0 Å². The largest absolute Gasteiger partial charge is 0.417 e. The Bertz CT molecular complexity index is 596. The van der Waals surface area contributed by atoms with Gasteiger partial charge in [-0.25, -0.2) is 8.78 Å². The smallest absolute Gasteiger partial charge is 0.206 e. The maximum absolute atomic E-state index is 13.6. The molecule has 0 amide bonds. The molecule has 99 valence electrons. The molecule has 0 aromatic heterocycles. The average Bonchev–Trinajstić information content (AvgIpc) is 2.26. The van der Waals surface area contributed by atoms with E-state index in [1.54, 1.807) is 0 Å². The molecule has 0 unspecified atom stereocenters. The second-order valence-corrected chi connectivity index (χ2v) is 4.17. The van der Waals surface area contributed by atoms with E-state index in [0.29, 0.717) is 6.07 Å². The number of hydrogen-bond donors (Lipinski definition) is 0. The molecule has 0 atom stereocenters. The molecule has 0 fully saturated rings. The quantitative estimate of drug-likeness (QED) is 0.641. The van der Waals surface area contributed by atoms with E-state index < -0.39 is 28.9 Å². The van der Waals surface area contributed by atoms with Crippen LogP contribution >= 0.6 is 11.6 Å². The van der Waals surface area contributed by atoms with Crippen molar-refractivity contribution in [3.8, 4) is 11.1 Å². The Labute approximate surface area is 110 Å². The lowest BCUT2D eigenvalue weighted by atomic mass is 10.0. The van der Waals surface area contributed by atoms with Crippen LogP contribution in [0.1, 0.15) is 5.56 Å². The van der Waals surface area contributed by atoms with Crippen molar-refractivity contribution in [2.75, 3.05) is 0 Å². The van der Waals surface area contributed by atoms with E-state index in [-0.39, 0.29) is 10.6 Å². The van der Waals surface area contributed by atoms with E-state index in [0.717, 1.165) is 24.3 Å². The van der Waals surface area contributed by atoms with Gasteiger partial charge in [0.05, 0.1) is 11.1 Å². The van der Waals surface area contributed by atoms with Gasteiger partial charge in [0.2, 0.25) is 0 Å². The minimum absolute atomic E-state index is 0.169. The van der Waals surface area contributed by atoms with Crippen LogP contribution < -0.4 is 0 Å². The Morgan fingerprint density at radius 2 is 1.58 bits per heavy atom. The third-order valence-electron chi connectivity index (χ3n) is 2.40. The van der Waals surface area contributed by atoms with E-state index in [9.17, 15) is 22.0 Å². The van der Waals surface area contributed by atoms with Gasteiger partial charge in [0.1, 0.15) is 11.6 Å². The molecule has 0 aliphatic rings. The van der Waals surface area contributed by atoms with Crippen LogP contribution in [0.15, 0.2) is 30.3 Å². The van der Waals surface area contributed by atoms with Crippen molar-refractivity contribution in [1.82, 2.24) is 0 Å². The highest BCUT2D eigenvalue weighted by molar-refractivity contribution is 6.30. The summed E-state index contributed by atoms with van der Waals surface area (Å²) >= 11 is 5.45. The molecular weight excluding hydrogens is 287 g/mol. The predicted molar refractivity (Wildman–Crippen MR) is 60.6 cm³/mol. The zero-order valence-electron chi connectivity index (χ0n) is 9.15. The fraction of sp³-hybridized carbons (Fsp3) is 0.0769. The summed E-state index contributed by atoms with van der Waals surface area (Å²) in [5, 5.41) is -0.169. The van der Waals surface area contributed by atoms with Gasteiger partial charge in [-0.3, -0.25) is 0 Å². The van der Waals surface area contributed by atoms with Crippen LogP contribution in [0.3, 0.4) is 0 Å². The van der Waals surface area contributed by atoms with Crippen molar-refractivity contribution in [2.24, 2.45) is 0 Å². The summed E-state index contributed by atoms with van der Waals surface area (Å²) in [6.45, 7) is 0. The molecular formula is C13H5ClF5. The highest BCUT2D eigenvalue weighted by Crippen LogP contribution is 2.34. The molecule has 0 aliphatic heterocycles. The molecule has 19 heavy (non-hydrogen) atoms. The lowest BCUT2D eigenvalue weighted by Gasteiger charge is -2.10. The molecule has 2 rings (SSSR count). The Morgan fingerprint density at radius 1 is 1.00 bits per heavy atom. The molecule has 0 aliphatic carbocycles. The molecule has 0 nitrogen and oxygen atoms in total. The number of alkyl halides is 3. The molecule has 0 N–H and O–H groups in total. The van der Waals surface area contributed by atoms with Gasteiger partial charge in [-0.2, -0.15) is 13.2 Å². The van der Waals surface area contributed by atoms with Crippen LogP contribution in [-0.4, -0.2) is 0 Å². The standard InChI is InChI=1S/C13H5ClF5/c14-9-5-10(15)12(11(16)6-9)7-2-1-3-8(4-7)13(17,18)19/h1-2,4-6H. The third-order valence-corrected chi connectivity index (χ3v) is 2.62. The van der Waals surface area contributed by atoms with Gasteiger partial charge in [-0.15, -0.1) is 0 Å². The second kappa shape index (κ2) is 4.81. The molecule has 0 heterocycles. The van der Waals surface area contributed by atoms with Gasteiger partial charge >= 0.3 is 6.18 Å². The zero-order chi connectivity index (χ0) is 14.2. The first-order valence-corrected chi connectivity index (χ1v) is 5.40. The van der Waals surface area contributed by atoms with Gasteiger partial charge in [0.25, 0.3) is 0 Å². The number of benzene rings is 2. The minimum Gasteiger partial charge on any atom is -0.206 e. The summed E-state index contributed by atoms with van der Waals surface area (Å²) < 4.78 is 64.7. The highest BCUT2D eigenvalue weighted by atomic mass is 35.5. The van der Waals surface area contributed by atoms with Crippen LogP contribution in [-0.2, 0) is 6.18 Å². The second-order valence-electron chi connectivity index (χ2n) is 3.73. The van der Waals surface area contributed by atoms with E-state index in [4.69, 9.17) is 11.6 Å². The molecule has 1 radical (unpaired) electrons. The maximum Gasteiger partial charge on any atom is 0.417 e. The van der Waals surface area contributed by atoms with Crippen LogP contribution in [0.2, 0.25) is 5.02 Å². The Hall–Kier alpha value is -1.62. The average molecular weight is 292 g/mol. The Morgan fingerprint density at radius 3 is 2.11 bits per heavy atom. The number of hydrogen-bond acceptors (Lipinski definition) is 0. The third kappa shape index (κ3) is 2.87. The lowest BCUT2D eigenvalue weighted by molar-refractivity contribution is -0.137. The summed E-state index contributed by atoms with van der Waals surface area (Å²) in [4.78, 5) is 0. The molecule has 2 aromatic carbocycles. The first kappa shape index (κ1) is 13.8. The van der Waals surface area contributed by atoms with Crippen LogP contribution in [0, 0.1) is 17.7 Å². The van der Waals surface area contributed by atoms with E-state index in [2.05, 4.69) is 0 Å². The predicted octanol–water partition coefficient (Wildman–Crippen LogP) is 5.10. The van der Waals surface area contributed by atoms with Crippen molar-refractivity contribution in [2.45, 2.75) is 6.18 Å². The molecule has 0 bridgehead atoms. The summed E-state index contributed by atoms with van der Waals surface area (Å²) in [7, 11) is 0. The van der Waals surface area contributed by atoms with Gasteiger partial charge in [0.15, 0.2) is 0 Å². The van der Waals surface area contributed by atoms with Crippen LogP contribution in [0.4, 0.5) is 22.0 Å². The van der Waals surface area contributed by atoms with Gasteiger partial charge in [-0.05, 0) is 29.8 Å². The number of rotatable bonds is 1. The van der Waals surface area contributed by atoms with E-state index in [1.165, 1.54) is 0 Å². The summed E-state index contributed by atoms with van der Waals surface area (Å²) in [5.41, 5.74) is -1.87. The minimum atomic E-state index is -4.63. The fourth-order valence-corrected chi connectivity index (χ4v) is 1.80. The number of halogens is 6. The Kier molecular flexibility index (Phi) is 3.49. The van der Waals surface area contributed by atoms with Crippen molar-refractivity contribution in [1.29, 1.82) is 0 Å². The normalized spacial score (nSPS) is 11.7. The van der Waals surface area contributed by atoms with Crippen molar-refractivity contribution in [3.05, 3.63) is 58.6 Å². The first-order chi connectivity index (χ1) is 8.79. The first-order valence-electron chi connectivity index (χ1n) is 5.03. The molecule has 0 saturated heterocycles. The Balaban J connectivity index is 2.60. The van der Waals surface area contributed by atoms with Gasteiger partial charge in [0, 0.05) is 5.02 Å².